The average molecular weight is 335 g/mol. The number of halogens is 1. The third kappa shape index (κ3) is 5.11. The number of aryl methyl sites for hydroxylation is 1. The Morgan fingerprint density at radius 1 is 1.43 bits per heavy atom. The second-order valence-corrected chi connectivity index (χ2v) is 6.49. The summed E-state index contributed by atoms with van der Waals surface area (Å²) >= 11 is 1.63. The van der Waals surface area contributed by atoms with Gasteiger partial charge in [-0.05, 0) is 27.0 Å². The zero-order chi connectivity index (χ0) is 16.8. The Bertz CT molecular complexity index is 659. The number of carbonyl (C=O) groups excluding carboxylic acids is 1. The van der Waals surface area contributed by atoms with Crippen LogP contribution in [0, 0.1) is 12.7 Å². The lowest BCUT2D eigenvalue weighted by Crippen LogP contribution is -2.30. The van der Waals surface area contributed by atoms with E-state index < -0.39 is 0 Å². The van der Waals surface area contributed by atoms with Gasteiger partial charge in [0, 0.05) is 36.1 Å². The third-order valence-electron chi connectivity index (χ3n) is 3.78. The number of hydrogen-bond acceptors (Lipinski definition) is 4. The molecule has 0 aliphatic heterocycles. The highest BCUT2D eigenvalue weighted by Gasteiger charge is 2.15. The predicted octanol–water partition coefficient (Wildman–Crippen LogP) is 3.29. The lowest BCUT2D eigenvalue weighted by molar-refractivity contribution is -0.121. The van der Waals surface area contributed by atoms with Crippen LogP contribution >= 0.6 is 11.3 Å². The molecule has 23 heavy (non-hydrogen) atoms. The van der Waals surface area contributed by atoms with Crippen LogP contribution in [0.1, 0.15) is 35.7 Å². The Kier molecular flexibility index (Phi) is 6.24. The van der Waals surface area contributed by atoms with E-state index >= 15 is 0 Å². The third-order valence-corrected chi connectivity index (χ3v) is 4.91. The molecule has 1 N–H and O–H groups in total. The van der Waals surface area contributed by atoms with Crippen molar-refractivity contribution in [2.24, 2.45) is 0 Å². The van der Waals surface area contributed by atoms with Gasteiger partial charge in [-0.3, -0.25) is 9.69 Å². The van der Waals surface area contributed by atoms with Crippen LogP contribution in [0.5, 0.6) is 0 Å². The molecule has 4 nitrogen and oxygen atoms in total. The van der Waals surface area contributed by atoms with Crippen molar-refractivity contribution < 1.29 is 9.18 Å². The second kappa shape index (κ2) is 8.17. The molecule has 0 aliphatic carbocycles. The minimum atomic E-state index is -0.294. The minimum absolute atomic E-state index is 0.0809. The van der Waals surface area contributed by atoms with Crippen LogP contribution < -0.4 is 5.32 Å². The van der Waals surface area contributed by atoms with Gasteiger partial charge in [-0.1, -0.05) is 18.2 Å². The molecule has 0 fully saturated rings. The molecule has 124 valence electrons. The van der Waals surface area contributed by atoms with Gasteiger partial charge in [0.1, 0.15) is 10.8 Å². The SMILES string of the molecule is Cc1csc(C(C)N(C)CCC(=O)NCc2ccccc2F)n1. The van der Waals surface area contributed by atoms with Gasteiger partial charge in [0.25, 0.3) is 0 Å². The van der Waals surface area contributed by atoms with E-state index in [4.69, 9.17) is 0 Å². The van der Waals surface area contributed by atoms with Gasteiger partial charge in [0.15, 0.2) is 0 Å². The van der Waals surface area contributed by atoms with E-state index in [1.54, 1.807) is 29.5 Å². The first-order valence-electron chi connectivity index (χ1n) is 7.59. The van der Waals surface area contributed by atoms with Gasteiger partial charge in [-0.2, -0.15) is 0 Å². The quantitative estimate of drug-likeness (QED) is 0.844. The number of nitrogens with zero attached hydrogens (tertiary/aromatic N) is 2. The molecule has 0 saturated heterocycles. The molecule has 0 radical (unpaired) electrons. The highest BCUT2D eigenvalue weighted by molar-refractivity contribution is 7.09. The molecule has 1 amide bonds. The van der Waals surface area contributed by atoms with E-state index in [1.165, 1.54) is 6.07 Å². The fourth-order valence-corrected chi connectivity index (χ4v) is 3.07. The van der Waals surface area contributed by atoms with Gasteiger partial charge in [-0.25, -0.2) is 9.37 Å². The van der Waals surface area contributed by atoms with Gasteiger partial charge in [-0.15, -0.1) is 11.3 Å². The number of thiazole rings is 1. The van der Waals surface area contributed by atoms with Gasteiger partial charge in [0.05, 0.1) is 6.04 Å². The van der Waals surface area contributed by atoms with Crippen molar-refractivity contribution in [3.05, 3.63) is 51.7 Å². The Labute approximate surface area is 140 Å². The summed E-state index contributed by atoms with van der Waals surface area (Å²) in [6, 6.07) is 6.64. The number of aromatic nitrogens is 1. The van der Waals surface area contributed by atoms with Crippen molar-refractivity contribution >= 4 is 17.2 Å². The first kappa shape index (κ1) is 17.6. The normalized spacial score (nSPS) is 12.4. The Balaban J connectivity index is 1.76. The van der Waals surface area contributed by atoms with Crippen LogP contribution in [-0.4, -0.2) is 29.4 Å². The van der Waals surface area contributed by atoms with E-state index in [-0.39, 0.29) is 24.3 Å². The molecular weight excluding hydrogens is 313 g/mol. The summed E-state index contributed by atoms with van der Waals surface area (Å²) in [4.78, 5) is 18.5. The summed E-state index contributed by atoms with van der Waals surface area (Å²) in [5.74, 6) is -0.375. The summed E-state index contributed by atoms with van der Waals surface area (Å²) in [7, 11) is 1.98. The number of carbonyl (C=O) groups is 1. The fourth-order valence-electron chi connectivity index (χ4n) is 2.15. The maximum atomic E-state index is 13.5. The van der Waals surface area contributed by atoms with Crippen molar-refractivity contribution in [2.75, 3.05) is 13.6 Å². The summed E-state index contributed by atoms with van der Waals surface area (Å²) in [6.07, 6.45) is 0.375. The summed E-state index contributed by atoms with van der Waals surface area (Å²) < 4.78 is 13.5. The topological polar surface area (TPSA) is 45.2 Å². The molecule has 2 aromatic rings. The molecule has 0 saturated carbocycles. The molecule has 1 aromatic carbocycles. The molecule has 0 bridgehead atoms. The molecule has 1 atom stereocenters. The number of rotatable bonds is 7. The molecular formula is C17H22FN3OS. The van der Waals surface area contributed by atoms with Crippen molar-refractivity contribution in [1.82, 2.24) is 15.2 Å². The molecule has 1 heterocycles. The van der Waals surface area contributed by atoms with E-state index in [2.05, 4.69) is 22.1 Å². The lowest BCUT2D eigenvalue weighted by atomic mass is 10.2. The number of benzene rings is 1. The van der Waals surface area contributed by atoms with Crippen molar-refractivity contribution in [2.45, 2.75) is 32.9 Å². The van der Waals surface area contributed by atoms with E-state index in [1.807, 2.05) is 19.4 Å². The van der Waals surface area contributed by atoms with Crippen LogP contribution in [0.4, 0.5) is 4.39 Å². The zero-order valence-electron chi connectivity index (χ0n) is 13.7. The maximum absolute atomic E-state index is 13.5. The van der Waals surface area contributed by atoms with Crippen LogP contribution in [0.25, 0.3) is 0 Å². The highest BCUT2D eigenvalue weighted by atomic mass is 32.1. The molecule has 1 unspecified atom stereocenters. The van der Waals surface area contributed by atoms with Crippen molar-refractivity contribution in [3.8, 4) is 0 Å². The molecule has 1 aromatic heterocycles. The minimum Gasteiger partial charge on any atom is -0.352 e. The zero-order valence-corrected chi connectivity index (χ0v) is 14.5. The fraction of sp³-hybridized carbons (Fsp3) is 0.412. The lowest BCUT2D eigenvalue weighted by Gasteiger charge is -2.22. The monoisotopic (exact) mass is 335 g/mol. The summed E-state index contributed by atoms with van der Waals surface area (Å²) in [6.45, 7) is 4.90. The van der Waals surface area contributed by atoms with Gasteiger partial charge >= 0.3 is 0 Å². The van der Waals surface area contributed by atoms with Crippen LogP contribution in [0.15, 0.2) is 29.6 Å². The molecule has 6 heteroatoms. The highest BCUT2D eigenvalue weighted by Crippen LogP contribution is 2.22. The smallest absolute Gasteiger partial charge is 0.221 e. The van der Waals surface area contributed by atoms with Crippen LogP contribution in [-0.2, 0) is 11.3 Å². The van der Waals surface area contributed by atoms with E-state index in [9.17, 15) is 9.18 Å². The van der Waals surface area contributed by atoms with Crippen molar-refractivity contribution in [3.63, 3.8) is 0 Å². The first-order chi connectivity index (χ1) is 11.0. The van der Waals surface area contributed by atoms with Crippen LogP contribution in [0.3, 0.4) is 0 Å². The Hall–Kier alpha value is -1.79. The Morgan fingerprint density at radius 2 is 2.17 bits per heavy atom. The van der Waals surface area contributed by atoms with Crippen LogP contribution in [0.2, 0.25) is 0 Å². The number of hydrogen-bond donors (Lipinski definition) is 1. The first-order valence-corrected chi connectivity index (χ1v) is 8.47. The molecule has 2 rings (SSSR count). The number of nitrogens with one attached hydrogen (secondary N) is 1. The Morgan fingerprint density at radius 3 is 2.83 bits per heavy atom. The maximum Gasteiger partial charge on any atom is 0.221 e. The predicted molar refractivity (Wildman–Crippen MR) is 90.8 cm³/mol. The summed E-state index contributed by atoms with van der Waals surface area (Å²) in [5.41, 5.74) is 1.52. The van der Waals surface area contributed by atoms with Crippen molar-refractivity contribution in [1.29, 1.82) is 0 Å². The second-order valence-electron chi connectivity index (χ2n) is 5.60. The molecule has 0 aliphatic rings. The van der Waals surface area contributed by atoms with E-state index in [0.29, 0.717) is 18.5 Å². The van der Waals surface area contributed by atoms with Gasteiger partial charge in [0.2, 0.25) is 5.91 Å². The summed E-state index contributed by atoms with van der Waals surface area (Å²) in [5, 5.41) is 5.84. The van der Waals surface area contributed by atoms with Gasteiger partial charge < -0.3 is 5.32 Å². The number of amides is 1. The average Bonchev–Trinajstić information content (AvgIpc) is 2.97. The largest absolute Gasteiger partial charge is 0.352 e. The standard InChI is InChI=1S/C17H22FN3OS/c1-12-11-23-17(20-12)13(2)21(3)9-8-16(22)19-10-14-6-4-5-7-15(14)18/h4-7,11,13H,8-10H2,1-3H3,(H,19,22). The molecule has 0 spiro atoms. The van der Waals surface area contributed by atoms with E-state index in [0.717, 1.165) is 10.7 Å².